The predicted octanol–water partition coefficient (Wildman–Crippen LogP) is 3.45. The van der Waals surface area contributed by atoms with Crippen LogP contribution in [0.5, 0.6) is 0 Å². The van der Waals surface area contributed by atoms with Crippen molar-refractivity contribution in [1.82, 2.24) is 35.1 Å². The number of anilines is 2. The molecule has 0 aliphatic carbocycles. The molecule has 1 atom stereocenters. The molecule has 220 valence electrons. The van der Waals surface area contributed by atoms with E-state index in [0.717, 1.165) is 62.7 Å². The Morgan fingerprint density at radius 2 is 1.78 bits per heavy atom. The average Bonchev–Trinajstić information content (AvgIpc) is 3.44. The number of carbonyl (C=O) groups is 2. The highest BCUT2D eigenvalue weighted by Crippen LogP contribution is 2.32. The minimum absolute atomic E-state index is 0.0482. The van der Waals surface area contributed by atoms with E-state index in [1.165, 1.54) is 19.4 Å². The van der Waals surface area contributed by atoms with Crippen molar-refractivity contribution < 1.29 is 22.8 Å². The van der Waals surface area contributed by atoms with Crippen LogP contribution in [0.4, 0.5) is 24.8 Å². The average molecular weight is 592 g/mol. The number of aromatic nitrogens is 4. The van der Waals surface area contributed by atoms with Gasteiger partial charge in [0.05, 0.1) is 17.8 Å². The lowest BCUT2D eigenvalue weighted by Gasteiger charge is -2.32. The Hall–Kier alpha value is -3.69. The fourth-order valence-electron chi connectivity index (χ4n) is 4.17. The number of hydrogen-bond acceptors (Lipinski definition) is 10. The van der Waals surface area contributed by atoms with E-state index in [1.54, 1.807) is 13.0 Å². The number of aryl methyl sites for hydroxylation is 1. The number of rotatable bonds is 10. The summed E-state index contributed by atoms with van der Waals surface area (Å²) in [6, 6.07) is 1.80. The molecule has 0 spiro atoms. The van der Waals surface area contributed by atoms with Gasteiger partial charge >= 0.3 is 6.18 Å². The number of amides is 2. The highest BCUT2D eigenvalue weighted by atomic mass is 32.1. The minimum Gasteiger partial charge on any atom is -0.370 e. The van der Waals surface area contributed by atoms with Crippen LogP contribution in [0.25, 0.3) is 0 Å². The number of hydrogen-bond donors (Lipinski definition) is 3. The van der Waals surface area contributed by atoms with Crippen LogP contribution >= 0.6 is 11.3 Å². The molecule has 15 heteroatoms. The smallest absolute Gasteiger partial charge is 0.370 e. The van der Waals surface area contributed by atoms with Gasteiger partial charge in [0.15, 0.2) is 0 Å². The summed E-state index contributed by atoms with van der Waals surface area (Å²) in [5.74, 6) is -0.777. The van der Waals surface area contributed by atoms with E-state index in [1.807, 2.05) is 0 Å². The summed E-state index contributed by atoms with van der Waals surface area (Å²) >= 11 is 1.01. The Bertz CT molecular complexity index is 1360. The molecule has 3 aromatic rings. The highest BCUT2D eigenvalue weighted by molar-refractivity contribution is 7.13. The topological polar surface area (TPSA) is 128 Å². The largest absolute Gasteiger partial charge is 0.416 e. The third-order valence-corrected chi connectivity index (χ3v) is 7.75. The fourth-order valence-corrected chi connectivity index (χ4v) is 4.98. The summed E-state index contributed by atoms with van der Waals surface area (Å²) in [5, 5.41) is 8.84. The molecule has 1 fully saturated rings. The first kappa shape index (κ1) is 30.3. The Morgan fingerprint density at radius 1 is 1.02 bits per heavy atom. The van der Waals surface area contributed by atoms with E-state index in [0.29, 0.717) is 17.4 Å². The summed E-state index contributed by atoms with van der Waals surface area (Å²) in [4.78, 5) is 46.6. The lowest BCUT2D eigenvalue weighted by atomic mass is 10.1. The van der Waals surface area contributed by atoms with Gasteiger partial charge in [0, 0.05) is 45.0 Å². The van der Waals surface area contributed by atoms with Gasteiger partial charge in [-0.15, -0.1) is 11.3 Å². The Kier molecular flexibility index (Phi) is 9.83. The number of piperazine rings is 1. The van der Waals surface area contributed by atoms with E-state index < -0.39 is 29.6 Å². The van der Waals surface area contributed by atoms with Gasteiger partial charge in [0.25, 0.3) is 11.8 Å². The van der Waals surface area contributed by atoms with Crippen molar-refractivity contribution in [2.24, 2.45) is 0 Å². The first-order valence-corrected chi connectivity index (χ1v) is 13.9. The van der Waals surface area contributed by atoms with E-state index in [9.17, 15) is 22.8 Å². The van der Waals surface area contributed by atoms with Crippen molar-refractivity contribution >= 4 is 34.8 Å². The third-order valence-electron chi connectivity index (χ3n) is 6.57. The molecule has 1 aliphatic rings. The van der Waals surface area contributed by atoms with E-state index in [2.05, 4.69) is 52.7 Å². The summed E-state index contributed by atoms with van der Waals surface area (Å²) in [5.41, 5.74) is -0.750. The number of carbonyl (C=O) groups excluding carboxylic acids is 2. The SMILES string of the molecule is Cc1cnc(NC(=O)c2cnc(C(C)NC(=O)c3cc(NCCCN4CCN(C)CC4)ncn3)s2)cc1C(F)(F)F. The quantitative estimate of drug-likeness (QED) is 0.304. The van der Waals surface area contributed by atoms with Gasteiger partial charge in [0.1, 0.15) is 33.5 Å². The molecule has 4 heterocycles. The molecule has 1 unspecified atom stereocenters. The molecule has 0 aromatic carbocycles. The molecular weight excluding hydrogens is 559 g/mol. The van der Waals surface area contributed by atoms with Gasteiger partial charge in [-0.2, -0.15) is 13.2 Å². The number of halogens is 3. The molecule has 0 bridgehead atoms. The van der Waals surface area contributed by atoms with E-state index in [4.69, 9.17) is 0 Å². The summed E-state index contributed by atoms with van der Waals surface area (Å²) in [6.07, 6.45) is 0.0403. The van der Waals surface area contributed by atoms with Crippen LogP contribution in [-0.4, -0.2) is 87.9 Å². The van der Waals surface area contributed by atoms with Gasteiger partial charge in [-0.05, 0) is 45.5 Å². The van der Waals surface area contributed by atoms with Crippen LogP contribution in [0.1, 0.15) is 55.7 Å². The molecule has 11 nitrogen and oxygen atoms in total. The summed E-state index contributed by atoms with van der Waals surface area (Å²) < 4.78 is 39.5. The minimum atomic E-state index is -4.57. The maximum Gasteiger partial charge on any atom is 0.416 e. The lowest BCUT2D eigenvalue weighted by molar-refractivity contribution is -0.138. The van der Waals surface area contributed by atoms with Gasteiger partial charge in [-0.3, -0.25) is 9.59 Å². The van der Waals surface area contributed by atoms with Crippen LogP contribution in [0, 0.1) is 6.92 Å². The second-order valence-electron chi connectivity index (χ2n) is 9.81. The normalized spacial score (nSPS) is 15.4. The zero-order valence-electron chi connectivity index (χ0n) is 23.0. The van der Waals surface area contributed by atoms with Crippen LogP contribution in [0.3, 0.4) is 0 Å². The van der Waals surface area contributed by atoms with Crippen molar-refractivity contribution in [3.63, 3.8) is 0 Å². The molecule has 4 rings (SSSR count). The van der Waals surface area contributed by atoms with Crippen LogP contribution in [0.15, 0.2) is 30.9 Å². The van der Waals surface area contributed by atoms with Gasteiger partial charge < -0.3 is 25.8 Å². The van der Waals surface area contributed by atoms with Gasteiger partial charge in [0.2, 0.25) is 0 Å². The molecule has 1 saturated heterocycles. The third kappa shape index (κ3) is 8.41. The van der Waals surface area contributed by atoms with E-state index in [-0.39, 0.29) is 22.0 Å². The maximum atomic E-state index is 13.2. The monoisotopic (exact) mass is 591 g/mol. The van der Waals surface area contributed by atoms with Crippen molar-refractivity contribution in [2.75, 3.05) is 56.9 Å². The Morgan fingerprint density at radius 3 is 2.51 bits per heavy atom. The molecule has 0 saturated carbocycles. The summed E-state index contributed by atoms with van der Waals surface area (Å²) in [7, 11) is 2.13. The number of pyridine rings is 1. The second-order valence-corrected chi connectivity index (χ2v) is 10.9. The van der Waals surface area contributed by atoms with Crippen molar-refractivity contribution in [3.05, 3.63) is 57.6 Å². The Labute approximate surface area is 239 Å². The van der Waals surface area contributed by atoms with Crippen LogP contribution in [-0.2, 0) is 6.18 Å². The van der Waals surface area contributed by atoms with Crippen molar-refractivity contribution in [1.29, 1.82) is 0 Å². The first-order valence-electron chi connectivity index (χ1n) is 13.1. The molecule has 1 aliphatic heterocycles. The molecule has 41 heavy (non-hydrogen) atoms. The van der Waals surface area contributed by atoms with Crippen molar-refractivity contribution in [2.45, 2.75) is 32.5 Å². The van der Waals surface area contributed by atoms with Crippen LogP contribution < -0.4 is 16.0 Å². The molecule has 3 aromatic heterocycles. The standard InChI is InChI=1S/C26H32F3N9O2S/c1-16-13-31-22(11-18(16)26(27,28)29)36-24(40)20-14-32-25(41-20)17(2)35-23(39)19-12-21(34-15-33-19)30-5-4-6-38-9-7-37(3)8-10-38/h11-15,17H,4-10H2,1-3H3,(H,35,39)(H,30,33,34)(H,31,36,40). The lowest BCUT2D eigenvalue weighted by Crippen LogP contribution is -2.44. The molecule has 3 N–H and O–H groups in total. The van der Waals surface area contributed by atoms with Crippen LogP contribution in [0.2, 0.25) is 0 Å². The number of nitrogens with one attached hydrogen (secondary N) is 3. The zero-order chi connectivity index (χ0) is 29.6. The fraction of sp³-hybridized carbons (Fsp3) is 0.462. The highest BCUT2D eigenvalue weighted by Gasteiger charge is 2.33. The summed E-state index contributed by atoms with van der Waals surface area (Å²) in [6.45, 7) is 8.96. The van der Waals surface area contributed by atoms with E-state index >= 15 is 0 Å². The van der Waals surface area contributed by atoms with Gasteiger partial charge in [-0.1, -0.05) is 0 Å². The molecular formula is C26H32F3N9O2S. The number of nitrogens with zero attached hydrogens (tertiary/aromatic N) is 6. The number of likely N-dealkylation sites (N-methyl/N-ethyl adjacent to an activating group) is 1. The molecule has 0 radical (unpaired) electrons. The number of alkyl halides is 3. The van der Waals surface area contributed by atoms with Gasteiger partial charge in [-0.25, -0.2) is 19.9 Å². The van der Waals surface area contributed by atoms with Crippen molar-refractivity contribution in [3.8, 4) is 0 Å². The zero-order valence-corrected chi connectivity index (χ0v) is 23.8. The second kappa shape index (κ2) is 13.3. The first-order chi connectivity index (χ1) is 19.5. The maximum absolute atomic E-state index is 13.2. The molecule has 2 amide bonds. The number of thiazole rings is 1. The Balaban J connectivity index is 1.28. The predicted molar refractivity (Wildman–Crippen MR) is 149 cm³/mol.